The number of aliphatic hydroxyl groups is 4. The van der Waals surface area contributed by atoms with E-state index in [1.165, 1.54) is 0 Å². The number of benzene rings is 3. The first kappa shape index (κ1) is 23.8. The summed E-state index contributed by atoms with van der Waals surface area (Å²) < 4.78 is 11.5. The molecule has 35 heavy (non-hydrogen) atoms. The van der Waals surface area contributed by atoms with Crippen molar-refractivity contribution in [3.63, 3.8) is 0 Å². The molecule has 3 aromatic rings. The summed E-state index contributed by atoms with van der Waals surface area (Å²) in [6, 6.07) is 20.2. The number of aliphatic hydroxyl groups excluding tert-OH is 4. The van der Waals surface area contributed by atoms with Crippen molar-refractivity contribution in [2.75, 3.05) is 25.1 Å². The average Bonchev–Trinajstić information content (AvgIpc) is 2.88. The maximum absolute atomic E-state index is 10.7. The highest BCUT2D eigenvalue weighted by molar-refractivity contribution is 5.72. The van der Waals surface area contributed by atoms with Gasteiger partial charge in [-0.1, -0.05) is 48.5 Å². The molecular formula is C28H31NO6. The summed E-state index contributed by atoms with van der Waals surface area (Å²) in [4.78, 5) is 0. The molecule has 7 nitrogen and oxygen atoms in total. The summed E-state index contributed by atoms with van der Waals surface area (Å²) in [6.45, 7) is 3.02. The Kier molecular flexibility index (Phi) is 6.77. The smallest absolute Gasteiger partial charge is 0.142 e. The Labute approximate surface area is 204 Å². The third-order valence-corrected chi connectivity index (χ3v) is 6.90. The van der Waals surface area contributed by atoms with Crippen molar-refractivity contribution in [3.8, 4) is 16.9 Å². The van der Waals surface area contributed by atoms with E-state index >= 15 is 0 Å². The summed E-state index contributed by atoms with van der Waals surface area (Å²) in [5.74, 6) is 0.842. The topological polar surface area (TPSA) is 111 Å². The van der Waals surface area contributed by atoms with Crippen molar-refractivity contribution in [2.45, 2.75) is 43.9 Å². The lowest BCUT2D eigenvalue weighted by Crippen LogP contribution is -2.55. The fraction of sp³-hybridized carbons (Fsp3) is 0.357. The number of anilines is 1. The fourth-order valence-corrected chi connectivity index (χ4v) is 4.97. The van der Waals surface area contributed by atoms with Gasteiger partial charge in [0.1, 0.15) is 42.9 Å². The third kappa shape index (κ3) is 4.66. The summed E-state index contributed by atoms with van der Waals surface area (Å²) >= 11 is 0. The number of hydrogen-bond donors (Lipinski definition) is 5. The Balaban J connectivity index is 1.55. The minimum absolute atomic E-state index is 0.459. The Morgan fingerprint density at radius 3 is 2.54 bits per heavy atom. The van der Waals surface area contributed by atoms with Crippen LogP contribution in [0, 0.1) is 6.92 Å². The molecule has 0 spiro atoms. The van der Waals surface area contributed by atoms with Gasteiger partial charge in [0.05, 0.1) is 12.3 Å². The molecule has 0 aromatic heterocycles. The lowest BCUT2D eigenvalue weighted by atomic mass is 9.87. The first-order valence-electron chi connectivity index (χ1n) is 11.9. The predicted molar refractivity (Wildman–Crippen MR) is 133 cm³/mol. The van der Waals surface area contributed by atoms with Crippen molar-refractivity contribution in [1.82, 2.24) is 0 Å². The van der Waals surface area contributed by atoms with Crippen molar-refractivity contribution >= 4 is 5.69 Å². The molecule has 0 radical (unpaired) electrons. The summed E-state index contributed by atoms with van der Waals surface area (Å²) in [5, 5.41) is 44.2. The first-order valence-corrected chi connectivity index (χ1v) is 11.9. The van der Waals surface area contributed by atoms with E-state index in [2.05, 4.69) is 30.4 Å². The van der Waals surface area contributed by atoms with Gasteiger partial charge >= 0.3 is 0 Å². The molecule has 7 heteroatoms. The Morgan fingerprint density at radius 2 is 1.74 bits per heavy atom. The van der Waals surface area contributed by atoms with Crippen LogP contribution >= 0.6 is 0 Å². The molecule has 5 rings (SSSR count). The quantitative estimate of drug-likeness (QED) is 0.384. The second-order valence-corrected chi connectivity index (χ2v) is 9.26. The standard InChI is InChI=1S/C28H31NO6/c1-16-4-2-3-5-20(16)21-8-7-18(28-27(33)26(32)25(31)24(15-30)35-28)14-19(21)12-17-6-9-23-22(13-17)29-10-11-34-23/h2-9,13-14,24-33H,10-12,15H2,1H3/t24-,25-,26+,27-,28+/m1/s1. The van der Waals surface area contributed by atoms with Crippen LogP contribution in [0.2, 0.25) is 0 Å². The molecule has 0 unspecified atom stereocenters. The van der Waals surface area contributed by atoms with Gasteiger partial charge < -0.3 is 35.2 Å². The van der Waals surface area contributed by atoms with E-state index in [9.17, 15) is 20.4 Å². The second kappa shape index (κ2) is 9.97. The molecule has 184 valence electrons. The Hall–Kier alpha value is -2.94. The normalized spacial score (nSPS) is 25.9. The number of aryl methyl sites for hydroxylation is 1. The van der Waals surface area contributed by atoms with E-state index in [0.717, 1.165) is 45.8 Å². The zero-order valence-corrected chi connectivity index (χ0v) is 19.6. The van der Waals surface area contributed by atoms with Crippen LogP contribution < -0.4 is 10.1 Å². The maximum Gasteiger partial charge on any atom is 0.142 e. The van der Waals surface area contributed by atoms with Crippen LogP contribution in [0.5, 0.6) is 5.75 Å². The van der Waals surface area contributed by atoms with Crippen LogP contribution in [-0.2, 0) is 11.2 Å². The van der Waals surface area contributed by atoms with Gasteiger partial charge in [-0.3, -0.25) is 0 Å². The van der Waals surface area contributed by atoms with E-state index in [4.69, 9.17) is 9.47 Å². The highest BCUT2D eigenvalue weighted by Crippen LogP contribution is 2.37. The van der Waals surface area contributed by atoms with Crippen LogP contribution in [0.3, 0.4) is 0 Å². The van der Waals surface area contributed by atoms with E-state index in [1.54, 1.807) is 0 Å². The van der Waals surface area contributed by atoms with Gasteiger partial charge in [-0.15, -0.1) is 0 Å². The van der Waals surface area contributed by atoms with E-state index in [-0.39, 0.29) is 0 Å². The van der Waals surface area contributed by atoms with Crippen LogP contribution in [0.4, 0.5) is 5.69 Å². The zero-order chi connectivity index (χ0) is 24.5. The van der Waals surface area contributed by atoms with Crippen LogP contribution in [0.1, 0.15) is 28.4 Å². The predicted octanol–water partition coefficient (Wildman–Crippen LogP) is 2.57. The van der Waals surface area contributed by atoms with Gasteiger partial charge in [0.2, 0.25) is 0 Å². The molecule has 1 saturated heterocycles. The monoisotopic (exact) mass is 477 g/mol. The minimum Gasteiger partial charge on any atom is -0.490 e. The van der Waals surface area contributed by atoms with Crippen molar-refractivity contribution < 1.29 is 29.9 Å². The minimum atomic E-state index is -1.42. The summed E-state index contributed by atoms with van der Waals surface area (Å²) in [5.41, 5.74) is 7.10. The third-order valence-electron chi connectivity index (χ3n) is 6.90. The molecule has 2 aliphatic heterocycles. The van der Waals surface area contributed by atoms with E-state index < -0.39 is 37.1 Å². The van der Waals surface area contributed by atoms with Gasteiger partial charge in [0.25, 0.3) is 0 Å². The zero-order valence-electron chi connectivity index (χ0n) is 19.6. The van der Waals surface area contributed by atoms with E-state index in [1.807, 2.05) is 42.5 Å². The average molecular weight is 478 g/mol. The van der Waals surface area contributed by atoms with Gasteiger partial charge in [-0.05, 0) is 58.9 Å². The molecule has 0 aliphatic carbocycles. The van der Waals surface area contributed by atoms with Gasteiger partial charge in [-0.2, -0.15) is 0 Å². The lowest BCUT2D eigenvalue weighted by molar-refractivity contribution is -0.231. The second-order valence-electron chi connectivity index (χ2n) is 9.26. The number of rotatable bonds is 5. The molecule has 3 aromatic carbocycles. The Morgan fingerprint density at radius 1 is 0.914 bits per heavy atom. The molecule has 0 amide bonds. The molecule has 2 aliphatic rings. The van der Waals surface area contributed by atoms with E-state index in [0.29, 0.717) is 18.6 Å². The molecule has 2 heterocycles. The van der Waals surface area contributed by atoms with Crippen LogP contribution in [-0.4, -0.2) is 64.6 Å². The number of ether oxygens (including phenoxy) is 2. The van der Waals surface area contributed by atoms with Crippen LogP contribution in [0.25, 0.3) is 11.1 Å². The number of hydrogen-bond acceptors (Lipinski definition) is 7. The molecule has 5 atom stereocenters. The van der Waals surface area contributed by atoms with Crippen molar-refractivity contribution in [3.05, 3.63) is 82.9 Å². The molecule has 1 fully saturated rings. The van der Waals surface area contributed by atoms with Crippen LogP contribution in [0.15, 0.2) is 60.7 Å². The maximum atomic E-state index is 10.7. The highest BCUT2D eigenvalue weighted by Gasteiger charge is 2.44. The largest absolute Gasteiger partial charge is 0.490 e. The molecule has 0 saturated carbocycles. The molecule has 0 bridgehead atoms. The fourth-order valence-electron chi connectivity index (χ4n) is 4.97. The number of nitrogens with one attached hydrogen (secondary N) is 1. The first-order chi connectivity index (χ1) is 17.0. The molecule has 5 N–H and O–H groups in total. The summed E-state index contributed by atoms with van der Waals surface area (Å²) in [6.07, 6.45) is -5.34. The van der Waals surface area contributed by atoms with Crippen molar-refractivity contribution in [1.29, 1.82) is 0 Å². The van der Waals surface area contributed by atoms with Gasteiger partial charge in [-0.25, -0.2) is 0 Å². The Bertz CT molecular complexity index is 1200. The lowest BCUT2D eigenvalue weighted by Gasteiger charge is -2.40. The highest BCUT2D eigenvalue weighted by atomic mass is 16.5. The van der Waals surface area contributed by atoms with Gasteiger partial charge in [0, 0.05) is 6.54 Å². The van der Waals surface area contributed by atoms with Crippen molar-refractivity contribution in [2.24, 2.45) is 0 Å². The summed E-state index contributed by atoms with van der Waals surface area (Å²) in [7, 11) is 0. The SMILES string of the molecule is Cc1ccccc1-c1ccc([C@@H]2O[C@H](CO)[C@@H](O)[C@H](O)[C@H]2O)cc1Cc1ccc2c(c1)NCCO2. The van der Waals surface area contributed by atoms with Gasteiger partial charge in [0.15, 0.2) is 0 Å². The molecular weight excluding hydrogens is 446 g/mol. The number of fused-ring (bicyclic) bond motifs is 1.